The Labute approximate surface area is 126 Å². The second-order valence-corrected chi connectivity index (χ2v) is 5.33. The monoisotopic (exact) mass is 294 g/mol. The lowest BCUT2D eigenvalue weighted by molar-refractivity contribution is 0.122. The van der Waals surface area contributed by atoms with Gasteiger partial charge in [-0.2, -0.15) is 5.10 Å². The Bertz CT molecular complexity index is 469. The molecule has 0 atom stereocenters. The second kappa shape index (κ2) is 8.79. The van der Waals surface area contributed by atoms with Crippen molar-refractivity contribution in [3.63, 3.8) is 0 Å². The van der Waals surface area contributed by atoms with E-state index in [4.69, 9.17) is 4.74 Å². The van der Waals surface area contributed by atoms with Crippen LogP contribution in [0.3, 0.4) is 0 Å². The molecule has 21 heavy (non-hydrogen) atoms. The van der Waals surface area contributed by atoms with Crippen molar-refractivity contribution in [1.82, 2.24) is 15.1 Å². The van der Waals surface area contributed by atoms with Crippen LogP contribution >= 0.6 is 0 Å². The normalized spacial score (nSPS) is 15.4. The topological polar surface area (TPSA) is 59.4 Å². The van der Waals surface area contributed by atoms with Gasteiger partial charge in [0.05, 0.1) is 25.1 Å². The zero-order chi connectivity index (χ0) is 14.9. The fourth-order valence-corrected chi connectivity index (χ4v) is 2.40. The van der Waals surface area contributed by atoms with E-state index in [-0.39, 0.29) is 5.56 Å². The van der Waals surface area contributed by atoms with Crippen LogP contribution < -0.4 is 15.8 Å². The van der Waals surface area contributed by atoms with Crippen LogP contribution in [-0.4, -0.2) is 49.2 Å². The van der Waals surface area contributed by atoms with E-state index in [9.17, 15) is 4.79 Å². The lowest BCUT2D eigenvalue weighted by Crippen LogP contribution is -2.37. The summed E-state index contributed by atoms with van der Waals surface area (Å²) in [5.74, 6) is 0. The largest absolute Gasteiger partial charge is 0.378 e. The van der Waals surface area contributed by atoms with Crippen LogP contribution in [0.1, 0.15) is 26.2 Å². The molecule has 1 fully saturated rings. The highest BCUT2D eigenvalue weighted by atomic mass is 16.5. The first-order valence-corrected chi connectivity index (χ1v) is 7.92. The van der Waals surface area contributed by atoms with Gasteiger partial charge < -0.3 is 15.0 Å². The van der Waals surface area contributed by atoms with Gasteiger partial charge in [-0.3, -0.25) is 4.79 Å². The van der Waals surface area contributed by atoms with E-state index in [1.165, 1.54) is 0 Å². The first-order valence-electron chi connectivity index (χ1n) is 7.92. The zero-order valence-electron chi connectivity index (χ0n) is 12.9. The minimum atomic E-state index is -0.0134. The predicted octanol–water partition coefficient (Wildman–Crippen LogP) is 0.860. The highest BCUT2D eigenvalue weighted by Gasteiger charge is 2.12. The standard InChI is InChI=1S/C15H26N4O2/c1-2-5-16-6-3-4-7-19-15(20)12-14(13-17-19)18-8-10-21-11-9-18/h12-13,16H,2-11H2,1H3. The number of nitrogens with one attached hydrogen (secondary N) is 1. The number of anilines is 1. The van der Waals surface area contributed by atoms with E-state index in [0.29, 0.717) is 19.8 Å². The molecular formula is C15H26N4O2. The Morgan fingerprint density at radius 3 is 2.81 bits per heavy atom. The summed E-state index contributed by atoms with van der Waals surface area (Å²) in [6.45, 7) is 8.01. The van der Waals surface area contributed by atoms with Gasteiger partial charge in [0.1, 0.15) is 0 Å². The average Bonchev–Trinajstić information content (AvgIpc) is 2.53. The van der Waals surface area contributed by atoms with Crippen LogP contribution in [-0.2, 0) is 11.3 Å². The summed E-state index contributed by atoms with van der Waals surface area (Å²) < 4.78 is 6.88. The molecule has 0 aromatic carbocycles. The van der Waals surface area contributed by atoms with Gasteiger partial charge in [0.2, 0.25) is 0 Å². The van der Waals surface area contributed by atoms with Gasteiger partial charge in [0, 0.05) is 25.7 Å². The van der Waals surface area contributed by atoms with Crippen molar-refractivity contribution in [2.24, 2.45) is 0 Å². The smallest absolute Gasteiger partial charge is 0.268 e. The summed E-state index contributed by atoms with van der Waals surface area (Å²) in [6, 6.07) is 1.69. The maximum absolute atomic E-state index is 12.1. The molecule has 0 bridgehead atoms. The average molecular weight is 294 g/mol. The highest BCUT2D eigenvalue weighted by molar-refractivity contribution is 5.43. The molecule has 1 aliphatic heterocycles. The quantitative estimate of drug-likeness (QED) is 0.721. The molecule has 6 heteroatoms. The summed E-state index contributed by atoms with van der Waals surface area (Å²) in [4.78, 5) is 14.2. The number of morpholine rings is 1. The van der Waals surface area contributed by atoms with E-state index in [2.05, 4.69) is 22.2 Å². The van der Waals surface area contributed by atoms with Gasteiger partial charge in [-0.1, -0.05) is 6.92 Å². The summed E-state index contributed by atoms with van der Waals surface area (Å²) in [5.41, 5.74) is 0.893. The molecule has 1 aromatic rings. The van der Waals surface area contributed by atoms with E-state index in [0.717, 1.165) is 51.1 Å². The third-order valence-electron chi connectivity index (χ3n) is 3.63. The van der Waals surface area contributed by atoms with Gasteiger partial charge in [-0.25, -0.2) is 4.68 Å². The number of nitrogens with zero attached hydrogens (tertiary/aromatic N) is 3. The number of unbranched alkanes of at least 4 members (excludes halogenated alkanes) is 1. The summed E-state index contributed by atoms with van der Waals surface area (Å²) in [6.07, 6.45) is 4.99. The Kier molecular flexibility index (Phi) is 6.69. The first kappa shape index (κ1) is 16.0. The number of hydrogen-bond donors (Lipinski definition) is 1. The molecule has 2 rings (SSSR count). The van der Waals surface area contributed by atoms with Crippen molar-refractivity contribution in [1.29, 1.82) is 0 Å². The molecule has 2 heterocycles. The van der Waals surface area contributed by atoms with Crippen molar-refractivity contribution in [3.05, 3.63) is 22.6 Å². The third-order valence-corrected chi connectivity index (χ3v) is 3.63. The molecule has 0 unspecified atom stereocenters. The molecule has 6 nitrogen and oxygen atoms in total. The SMILES string of the molecule is CCCNCCCCn1ncc(N2CCOCC2)cc1=O. The van der Waals surface area contributed by atoms with Gasteiger partial charge in [0.25, 0.3) is 5.56 Å². The van der Waals surface area contributed by atoms with Crippen LogP contribution in [0.2, 0.25) is 0 Å². The van der Waals surface area contributed by atoms with Crippen molar-refractivity contribution in [2.45, 2.75) is 32.7 Å². The fraction of sp³-hybridized carbons (Fsp3) is 0.733. The van der Waals surface area contributed by atoms with Gasteiger partial charge in [-0.15, -0.1) is 0 Å². The van der Waals surface area contributed by atoms with Crippen molar-refractivity contribution < 1.29 is 4.74 Å². The highest BCUT2D eigenvalue weighted by Crippen LogP contribution is 2.11. The molecule has 0 radical (unpaired) electrons. The summed E-state index contributed by atoms with van der Waals surface area (Å²) >= 11 is 0. The predicted molar refractivity (Wildman–Crippen MR) is 83.9 cm³/mol. The summed E-state index contributed by atoms with van der Waals surface area (Å²) in [5, 5.41) is 7.65. The first-order chi connectivity index (χ1) is 10.3. The molecule has 1 N–H and O–H groups in total. The maximum Gasteiger partial charge on any atom is 0.268 e. The van der Waals surface area contributed by atoms with Crippen molar-refractivity contribution in [2.75, 3.05) is 44.3 Å². The molecule has 0 amide bonds. The lowest BCUT2D eigenvalue weighted by atomic mass is 10.3. The van der Waals surface area contributed by atoms with Crippen LogP contribution in [0, 0.1) is 0 Å². The van der Waals surface area contributed by atoms with Crippen LogP contribution in [0.4, 0.5) is 5.69 Å². The maximum atomic E-state index is 12.1. The Morgan fingerprint density at radius 1 is 1.29 bits per heavy atom. The molecular weight excluding hydrogens is 268 g/mol. The third kappa shape index (κ3) is 5.13. The molecule has 1 saturated heterocycles. The molecule has 0 saturated carbocycles. The Morgan fingerprint density at radius 2 is 2.10 bits per heavy atom. The molecule has 0 spiro atoms. The number of hydrogen-bond acceptors (Lipinski definition) is 5. The minimum absolute atomic E-state index is 0.0134. The summed E-state index contributed by atoms with van der Waals surface area (Å²) in [7, 11) is 0. The fourth-order valence-electron chi connectivity index (χ4n) is 2.40. The number of aryl methyl sites for hydroxylation is 1. The number of ether oxygens (including phenoxy) is 1. The van der Waals surface area contributed by atoms with Crippen LogP contribution in [0.15, 0.2) is 17.1 Å². The molecule has 1 aromatic heterocycles. The van der Waals surface area contributed by atoms with E-state index in [1.54, 1.807) is 16.9 Å². The number of aromatic nitrogens is 2. The van der Waals surface area contributed by atoms with E-state index in [1.807, 2.05) is 0 Å². The lowest BCUT2D eigenvalue weighted by Gasteiger charge is -2.28. The van der Waals surface area contributed by atoms with Gasteiger partial charge >= 0.3 is 0 Å². The van der Waals surface area contributed by atoms with Gasteiger partial charge in [-0.05, 0) is 32.4 Å². The molecule has 1 aliphatic rings. The Balaban J connectivity index is 1.80. The Hall–Kier alpha value is -1.40. The minimum Gasteiger partial charge on any atom is -0.378 e. The zero-order valence-corrected chi connectivity index (χ0v) is 12.9. The molecule has 0 aliphatic carbocycles. The van der Waals surface area contributed by atoms with Crippen LogP contribution in [0.25, 0.3) is 0 Å². The van der Waals surface area contributed by atoms with Crippen LogP contribution in [0.5, 0.6) is 0 Å². The van der Waals surface area contributed by atoms with Gasteiger partial charge in [0.15, 0.2) is 0 Å². The van der Waals surface area contributed by atoms with Crippen molar-refractivity contribution in [3.8, 4) is 0 Å². The van der Waals surface area contributed by atoms with Crippen molar-refractivity contribution >= 4 is 5.69 Å². The molecule has 118 valence electrons. The van der Waals surface area contributed by atoms with E-state index >= 15 is 0 Å². The van der Waals surface area contributed by atoms with E-state index < -0.39 is 0 Å². The second-order valence-electron chi connectivity index (χ2n) is 5.33. The number of rotatable bonds is 8.